The van der Waals surface area contributed by atoms with Crippen molar-refractivity contribution in [1.82, 2.24) is 0 Å². The zero-order valence-corrected chi connectivity index (χ0v) is 94.4. The van der Waals surface area contributed by atoms with Gasteiger partial charge in [-0.25, -0.2) is 0 Å². The Morgan fingerprint density at radius 3 is 0.567 bits per heavy atom. The van der Waals surface area contributed by atoms with Crippen LogP contribution in [0.5, 0.6) is 0 Å². The quantitative estimate of drug-likeness (QED) is 0.0353. The summed E-state index contributed by atoms with van der Waals surface area (Å²) in [6, 6.07) is 108. The Morgan fingerprint density at radius 2 is 0.367 bits per heavy atom. The Bertz CT molecular complexity index is 6780. The van der Waals surface area contributed by atoms with Crippen molar-refractivity contribution >= 4 is 68.2 Å². The van der Waals surface area contributed by atoms with Gasteiger partial charge in [0.25, 0.3) is 0 Å². The molecule has 0 heterocycles. The van der Waals surface area contributed by atoms with Gasteiger partial charge >= 0.3 is 0 Å². The highest BCUT2D eigenvalue weighted by Gasteiger charge is 2.46. The fourth-order valence-electron chi connectivity index (χ4n) is 27.1. The maximum absolute atomic E-state index is 2.66. The second-order valence-corrected chi connectivity index (χ2v) is 46.9. The maximum Gasteiger partial charge on any atom is 0.0520 e. The Kier molecular flexibility index (Phi) is 33.9. The largest absolute Gasteiger partial charge is 0.310 e. The molecule has 5 aliphatic carbocycles. The molecule has 774 valence electrons. The number of benzene rings is 15. The van der Waals surface area contributed by atoms with Crippen molar-refractivity contribution in [2.24, 2.45) is 0 Å². The summed E-state index contributed by atoms with van der Waals surface area (Å²) in [6.07, 6.45) is 46.8. The van der Waals surface area contributed by atoms with Crippen LogP contribution in [-0.4, -0.2) is 0 Å². The predicted molar refractivity (Wildman–Crippen MR) is 647 cm³/mol. The van der Waals surface area contributed by atoms with E-state index < -0.39 is 0 Å². The van der Waals surface area contributed by atoms with Gasteiger partial charge in [-0.2, -0.15) is 0 Å². The molecule has 0 saturated heterocycles. The number of aryl methyl sites for hydroxylation is 25. The van der Waals surface area contributed by atoms with Crippen LogP contribution in [0.25, 0.3) is 22.3 Å². The first-order valence-corrected chi connectivity index (χ1v) is 58.6. The lowest BCUT2D eigenvalue weighted by Gasteiger charge is -2.36. The summed E-state index contributed by atoms with van der Waals surface area (Å²) in [4.78, 5) is 10.3. The van der Waals surface area contributed by atoms with E-state index in [4.69, 9.17) is 0 Å². The summed E-state index contributed by atoms with van der Waals surface area (Å²) >= 11 is 0. The summed E-state index contributed by atoms with van der Waals surface area (Å²) < 4.78 is 0. The van der Waals surface area contributed by atoms with Crippen LogP contribution in [0.1, 0.15) is 348 Å². The van der Waals surface area contributed by atoms with Gasteiger partial charge in [0.15, 0.2) is 0 Å². The molecule has 0 fully saturated rings. The van der Waals surface area contributed by atoms with Crippen LogP contribution in [0.2, 0.25) is 0 Å². The second kappa shape index (κ2) is 48.0. The molecule has 4 nitrogen and oxygen atoms in total. The molecule has 0 unspecified atom stereocenters. The summed E-state index contributed by atoms with van der Waals surface area (Å²) in [7, 11) is 0. The van der Waals surface area contributed by atoms with Gasteiger partial charge in [0.2, 0.25) is 0 Å². The number of fused-ring (bicyclic) bond motifs is 9. The van der Waals surface area contributed by atoms with Gasteiger partial charge in [0, 0.05) is 56.3 Å². The molecule has 15 aromatic carbocycles. The summed E-state index contributed by atoms with van der Waals surface area (Å²) in [5.41, 5.74) is 61.5. The highest BCUT2D eigenvalue weighted by Crippen LogP contribution is 2.61. The number of hydrogen-bond donors (Lipinski definition) is 0. The molecule has 0 spiro atoms. The number of hydrogen-bond acceptors (Lipinski definition) is 4. The molecule has 0 aromatic heterocycles. The Hall–Kier alpha value is -12.5. The van der Waals surface area contributed by atoms with E-state index in [9.17, 15) is 0 Å². The van der Waals surface area contributed by atoms with E-state index in [1.165, 1.54) is 414 Å². The molecule has 15 aromatic rings. The molecule has 0 radical (unpaired) electrons. The van der Waals surface area contributed by atoms with Crippen LogP contribution in [0.15, 0.2) is 273 Å². The van der Waals surface area contributed by atoms with E-state index in [0.29, 0.717) is 0 Å². The Morgan fingerprint density at radius 1 is 0.173 bits per heavy atom. The van der Waals surface area contributed by atoms with Gasteiger partial charge in [-0.3, -0.25) is 0 Å². The fourth-order valence-corrected chi connectivity index (χ4v) is 27.1. The summed E-state index contributed by atoms with van der Waals surface area (Å²) in [5.74, 6) is 0. The van der Waals surface area contributed by atoms with E-state index in [0.717, 1.165) is 25.7 Å². The standard InChI is InChI=1S/C77H88N2.C69H82N2/c1-53-23-35-67(36-24-53)78(75-57(5)45-55(3)46-58(75)6)69-39-41-71-72-42-40-70(79(68-37-25-54(2)26-38-68)76-59(7)47-56(4)48-60(76)8)52-74(72)77(73(71)51-69,43-19-15-11-9-13-17-21-61-27-29-63-31-33-65(63)49-61)44-20-16-12-10-14-18-22-62-28-30-64-32-34-66(64)50-62;1-10-11-12-13-17-20-39-69(40-21-18-15-14-16-19-22-56-27-28-57-29-30-58(57)45-56)65-46-61(70(59-31-23-48(2)24-32-59)67-52(6)41-50(4)42-53(67)7)35-37-63(65)64-38-36-62(47-66(64)69)71(60-33-25-49(3)26-34-60)68-54(8)43-51(5)44-55(68)9/h23-30,35-42,45-52H,9-22,31-34,43-44H2,1-8H3;23-28,31-38,41-47H,10-22,29-30,39-40H2,1-9H3. The molecule has 0 amide bonds. The van der Waals surface area contributed by atoms with Gasteiger partial charge in [-0.05, 0) is 450 Å². The van der Waals surface area contributed by atoms with Crippen molar-refractivity contribution in [3.63, 3.8) is 0 Å². The average Bonchev–Trinajstić information content (AvgIpc) is 1.56. The Labute approximate surface area is 904 Å². The van der Waals surface area contributed by atoms with Gasteiger partial charge in [0.05, 0.1) is 22.7 Å². The predicted octanol–water partition coefficient (Wildman–Crippen LogP) is 41.7. The van der Waals surface area contributed by atoms with Crippen molar-refractivity contribution in [2.45, 2.75) is 366 Å². The third-order valence-electron chi connectivity index (χ3n) is 35.0. The van der Waals surface area contributed by atoms with E-state index in [1.54, 1.807) is 50.1 Å². The summed E-state index contributed by atoms with van der Waals surface area (Å²) in [5, 5.41) is 0. The second-order valence-electron chi connectivity index (χ2n) is 46.9. The molecule has 0 saturated carbocycles. The first-order valence-electron chi connectivity index (χ1n) is 58.6. The molecule has 4 heteroatoms. The minimum Gasteiger partial charge on any atom is -0.310 e. The lowest BCUT2D eigenvalue weighted by atomic mass is 9.70. The van der Waals surface area contributed by atoms with Crippen molar-refractivity contribution in [2.75, 3.05) is 19.6 Å². The maximum atomic E-state index is 2.66. The van der Waals surface area contributed by atoms with E-state index in [2.05, 4.69) is 410 Å². The molecule has 5 aliphatic rings. The molecule has 0 atom stereocenters. The number of unbranched alkanes of at least 4 members (excludes halogenated alkanes) is 20. The van der Waals surface area contributed by atoms with Crippen molar-refractivity contribution in [1.29, 1.82) is 0 Å². The van der Waals surface area contributed by atoms with Crippen LogP contribution >= 0.6 is 0 Å². The molecular formula is C146H170N4. The zero-order chi connectivity index (χ0) is 104. The van der Waals surface area contributed by atoms with Crippen LogP contribution < -0.4 is 19.6 Å². The van der Waals surface area contributed by atoms with Crippen LogP contribution in [0.4, 0.5) is 68.2 Å². The molecule has 0 N–H and O–H groups in total. The third-order valence-corrected chi connectivity index (χ3v) is 35.0. The van der Waals surface area contributed by atoms with Crippen molar-refractivity contribution in [3.05, 3.63) is 434 Å². The minimum absolute atomic E-state index is 0.122. The topological polar surface area (TPSA) is 13.0 Å². The van der Waals surface area contributed by atoms with E-state index >= 15 is 0 Å². The first kappa shape index (κ1) is 106. The monoisotopic (exact) mass is 1980 g/mol. The smallest absolute Gasteiger partial charge is 0.0520 e. The fraction of sp³-hybridized carbons (Fsp3) is 0.384. The molecule has 150 heavy (non-hydrogen) atoms. The van der Waals surface area contributed by atoms with Crippen LogP contribution in [-0.2, 0) is 68.6 Å². The highest BCUT2D eigenvalue weighted by atomic mass is 15.2. The van der Waals surface area contributed by atoms with Crippen molar-refractivity contribution in [3.8, 4) is 22.3 Å². The van der Waals surface area contributed by atoms with Crippen LogP contribution in [0.3, 0.4) is 0 Å². The molecular weight excluding hydrogens is 1810 g/mol. The van der Waals surface area contributed by atoms with Crippen LogP contribution in [0, 0.1) is 111 Å². The van der Waals surface area contributed by atoms with E-state index in [1.807, 2.05) is 0 Å². The number of rotatable bonds is 46. The zero-order valence-electron chi connectivity index (χ0n) is 94.4. The van der Waals surface area contributed by atoms with E-state index in [-0.39, 0.29) is 10.8 Å². The lowest BCUT2D eigenvalue weighted by Crippen LogP contribution is -2.26. The lowest BCUT2D eigenvalue weighted by molar-refractivity contribution is 0.397. The third kappa shape index (κ3) is 23.6. The number of anilines is 12. The van der Waals surface area contributed by atoms with Gasteiger partial charge in [0.1, 0.15) is 0 Å². The Balaban J connectivity index is 0.000000189. The first-order chi connectivity index (χ1) is 72.8. The number of nitrogens with zero attached hydrogens (tertiary/aromatic N) is 4. The van der Waals surface area contributed by atoms with Gasteiger partial charge in [-0.1, -0.05) is 362 Å². The highest BCUT2D eigenvalue weighted by molar-refractivity contribution is 5.93. The molecule has 0 aliphatic heterocycles. The van der Waals surface area contributed by atoms with Gasteiger partial charge < -0.3 is 19.6 Å². The van der Waals surface area contributed by atoms with Gasteiger partial charge in [-0.15, -0.1) is 0 Å². The average molecular weight is 1980 g/mol. The normalized spacial score (nSPS) is 13.3. The SMILES string of the molecule is CCCCCCCCC1(CCCCCCCCc2ccc3c(c2)CC3)c2cc(N(c3ccc(C)cc3)c3c(C)cc(C)cc3C)ccc2-c2ccc(N(c3ccc(C)cc3)c3c(C)cc(C)cc3C)cc21.Cc1ccc(N(c2ccc3c(c2)C(CCCCCCCCc2ccc4c(c2)CC4)(CCCCCCCCc2ccc4c(c2)CC4)c2cc(N(c4ccc(C)cc4)c4c(C)cc(C)cc4C)ccc2-3)c2c(C)cc(C)cc2C)cc1. The minimum atomic E-state index is -0.146. The molecule has 0 bridgehead atoms. The summed E-state index contributed by atoms with van der Waals surface area (Å²) in [6.45, 7) is 38.5. The molecule has 20 rings (SSSR count). The van der Waals surface area contributed by atoms with Crippen molar-refractivity contribution < 1.29 is 0 Å².